The van der Waals surface area contributed by atoms with Gasteiger partial charge in [-0.3, -0.25) is 0 Å². The van der Waals surface area contributed by atoms with Gasteiger partial charge in [-0.1, -0.05) is 0 Å². The predicted octanol–water partition coefficient (Wildman–Crippen LogP) is -8.11. The molecule has 0 spiro atoms. The van der Waals surface area contributed by atoms with Gasteiger partial charge < -0.3 is 20.4 Å². The molecule has 0 rings (SSSR count). The maximum atomic E-state index is 9.77. The third kappa shape index (κ3) is 6.38. The van der Waals surface area contributed by atoms with Gasteiger partial charge in [0.05, 0.1) is 0 Å². The Kier molecular flexibility index (Phi) is 13.1. The van der Waals surface area contributed by atoms with Crippen LogP contribution in [0.1, 0.15) is 0 Å². The van der Waals surface area contributed by atoms with E-state index in [4.69, 9.17) is 20.4 Å². The minimum Gasteiger partial charge on any atom is -0.479 e. The van der Waals surface area contributed by atoms with Gasteiger partial charge in [-0.2, -0.15) is 0 Å². The average Bonchev–Trinajstić information content (AvgIpc) is 1.84. The van der Waals surface area contributed by atoms with Crippen LogP contribution in [0.15, 0.2) is 0 Å². The average molecular weight is 196 g/mol. The summed E-state index contributed by atoms with van der Waals surface area (Å²) in [6, 6.07) is 0. The van der Waals surface area contributed by atoms with E-state index in [9.17, 15) is 9.59 Å². The summed E-state index contributed by atoms with van der Waals surface area (Å²) in [5, 5.41) is 32.5. The first-order valence-electron chi connectivity index (χ1n) is 2.28. The summed E-state index contributed by atoms with van der Waals surface area (Å²) in [5.41, 5.74) is 0. The van der Waals surface area contributed by atoms with Gasteiger partial charge in [-0.05, 0) is 0 Å². The normalized spacial score (nSPS) is 13.2. The number of carbonyl (C=O) groups is 2. The van der Waals surface area contributed by atoms with Crippen LogP contribution in [0.4, 0.5) is 0 Å². The van der Waals surface area contributed by atoms with Gasteiger partial charge >= 0.3 is 71.1 Å². The molecule has 0 aliphatic rings. The van der Waals surface area contributed by atoms with Gasteiger partial charge in [0, 0.05) is 0 Å². The maximum absolute atomic E-state index is 9.77. The van der Waals surface area contributed by atoms with E-state index in [0.717, 1.165) is 0 Å². The Morgan fingerprint density at radius 2 is 1.00 bits per heavy atom. The summed E-state index contributed by atoms with van der Waals surface area (Å²) >= 11 is 0. The molecule has 0 bridgehead atoms. The number of rotatable bonds is 3. The SMILES string of the molecule is O=C(O)C(O)C(O)C(=O)O.[Na+].[Na+]. The van der Waals surface area contributed by atoms with Crippen molar-refractivity contribution < 1.29 is 89.1 Å². The molecule has 0 aromatic carbocycles. The molecule has 6 nitrogen and oxygen atoms in total. The van der Waals surface area contributed by atoms with Crippen molar-refractivity contribution in [2.24, 2.45) is 0 Å². The van der Waals surface area contributed by atoms with Crippen molar-refractivity contribution in [1.29, 1.82) is 0 Å². The largest absolute Gasteiger partial charge is 1.00 e. The van der Waals surface area contributed by atoms with E-state index in [1.807, 2.05) is 0 Å². The second-order valence-electron chi connectivity index (χ2n) is 1.57. The second-order valence-corrected chi connectivity index (χ2v) is 1.57. The van der Waals surface area contributed by atoms with Gasteiger partial charge in [-0.25, -0.2) is 9.59 Å². The molecule has 2 atom stereocenters. The fraction of sp³-hybridized carbons (Fsp3) is 0.500. The molecule has 0 radical (unpaired) electrons. The number of hydrogen-bond acceptors (Lipinski definition) is 4. The van der Waals surface area contributed by atoms with E-state index in [0.29, 0.717) is 0 Å². The number of aliphatic carboxylic acids is 2. The maximum Gasteiger partial charge on any atom is 1.00 e. The Balaban J connectivity index is -0.000000405. The minimum absolute atomic E-state index is 0. The number of aliphatic hydroxyl groups excluding tert-OH is 2. The van der Waals surface area contributed by atoms with Gasteiger partial charge in [0.15, 0.2) is 12.2 Å². The predicted molar refractivity (Wildman–Crippen MR) is 27.3 cm³/mol. The molecule has 0 aliphatic carbocycles. The molecule has 0 saturated carbocycles. The number of carboxylic acid groups (broad SMARTS) is 2. The molecule has 0 fully saturated rings. The summed E-state index contributed by atoms with van der Waals surface area (Å²) in [6.07, 6.45) is -4.53. The van der Waals surface area contributed by atoms with Crippen LogP contribution < -0.4 is 59.1 Å². The van der Waals surface area contributed by atoms with Crippen molar-refractivity contribution in [3.8, 4) is 0 Å². The Morgan fingerprint density at radius 1 is 0.833 bits per heavy atom. The molecular formula is C4H6Na2O6+2. The monoisotopic (exact) mass is 196 g/mol. The summed E-state index contributed by atoms with van der Waals surface area (Å²) in [4.78, 5) is 19.5. The van der Waals surface area contributed by atoms with Gasteiger partial charge in [0.2, 0.25) is 0 Å². The summed E-state index contributed by atoms with van der Waals surface area (Å²) in [7, 11) is 0. The molecule has 0 aliphatic heterocycles. The molecule has 0 amide bonds. The van der Waals surface area contributed by atoms with Crippen LogP contribution in [-0.2, 0) is 9.59 Å². The van der Waals surface area contributed by atoms with E-state index >= 15 is 0 Å². The van der Waals surface area contributed by atoms with Crippen LogP contribution in [0.3, 0.4) is 0 Å². The van der Waals surface area contributed by atoms with Crippen molar-refractivity contribution >= 4 is 11.9 Å². The topological polar surface area (TPSA) is 115 Å². The van der Waals surface area contributed by atoms with Crippen LogP contribution in [-0.4, -0.2) is 44.6 Å². The second kappa shape index (κ2) is 8.46. The molecule has 4 N–H and O–H groups in total. The van der Waals surface area contributed by atoms with E-state index in [1.165, 1.54) is 0 Å². The molecule has 0 aromatic heterocycles. The standard InChI is InChI=1S/C4H6O6.2Na/c5-1(3(7)8)2(6)4(9)10;;/h1-2,5-6H,(H,7,8)(H,9,10);;/q;2*+1. The van der Waals surface area contributed by atoms with Crippen LogP contribution in [0.2, 0.25) is 0 Å². The third-order valence-corrected chi connectivity index (χ3v) is 0.805. The zero-order chi connectivity index (χ0) is 8.31. The smallest absolute Gasteiger partial charge is 0.479 e. The van der Waals surface area contributed by atoms with E-state index in [-0.39, 0.29) is 59.1 Å². The van der Waals surface area contributed by atoms with Crippen LogP contribution in [0.5, 0.6) is 0 Å². The zero-order valence-corrected chi connectivity index (χ0v) is 10.8. The van der Waals surface area contributed by atoms with Crippen LogP contribution in [0.25, 0.3) is 0 Å². The summed E-state index contributed by atoms with van der Waals surface area (Å²) in [5.74, 6) is -3.54. The zero-order valence-electron chi connectivity index (χ0n) is 6.76. The first-order valence-corrected chi connectivity index (χ1v) is 2.28. The van der Waals surface area contributed by atoms with Crippen molar-refractivity contribution in [2.75, 3.05) is 0 Å². The quantitative estimate of drug-likeness (QED) is 0.333. The Bertz CT molecular complexity index is 142. The van der Waals surface area contributed by atoms with Gasteiger partial charge in [0.25, 0.3) is 0 Å². The molecular weight excluding hydrogens is 190 g/mol. The first kappa shape index (κ1) is 18.6. The minimum atomic E-state index is -2.27. The fourth-order valence-corrected chi connectivity index (χ4v) is 0.270. The van der Waals surface area contributed by atoms with Crippen molar-refractivity contribution in [2.45, 2.75) is 12.2 Å². The molecule has 8 heteroatoms. The van der Waals surface area contributed by atoms with Crippen molar-refractivity contribution in [3.05, 3.63) is 0 Å². The first-order chi connectivity index (χ1) is 4.46. The number of aliphatic hydroxyl groups is 2. The summed E-state index contributed by atoms with van der Waals surface area (Å²) in [6.45, 7) is 0. The number of carboxylic acids is 2. The van der Waals surface area contributed by atoms with Crippen molar-refractivity contribution in [3.63, 3.8) is 0 Å². The fourth-order valence-electron chi connectivity index (χ4n) is 0.270. The van der Waals surface area contributed by atoms with E-state index in [1.54, 1.807) is 0 Å². The van der Waals surface area contributed by atoms with Crippen LogP contribution in [0, 0.1) is 0 Å². The molecule has 0 heterocycles. The van der Waals surface area contributed by atoms with Gasteiger partial charge in [-0.15, -0.1) is 0 Å². The number of hydrogen-bond donors (Lipinski definition) is 4. The van der Waals surface area contributed by atoms with E-state index < -0.39 is 24.1 Å². The molecule has 0 aromatic rings. The molecule has 0 saturated heterocycles. The Hall–Kier alpha value is 0.860. The summed E-state index contributed by atoms with van der Waals surface area (Å²) < 4.78 is 0. The Morgan fingerprint density at radius 3 is 1.08 bits per heavy atom. The molecule has 2 unspecified atom stereocenters. The molecule has 12 heavy (non-hydrogen) atoms. The van der Waals surface area contributed by atoms with Gasteiger partial charge in [0.1, 0.15) is 0 Å². The van der Waals surface area contributed by atoms with E-state index in [2.05, 4.69) is 0 Å². The van der Waals surface area contributed by atoms with Crippen molar-refractivity contribution in [1.82, 2.24) is 0 Å². The third-order valence-electron chi connectivity index (χ3n) is 0.805. The molecule has 58 valence electrons. The Labute approximate surface area is 112 Å². The van der Waals surface area contributed by atoms with Crippen LogP contribution >= 0.6 is 0 Å².